The zero-order valence-electron chi connectivity index (χ0n) is 16.8. The quantitative estimate of drug-likeness (QED) is 0.741. The molecule has 0 aliphatic carbocycles. The van der Waals surface area contributed by atoms with E-state index in [-0.39, 0.29) is 5.91 Å². The van der Waals surface area contributed by atoms with Gasteiger partial charge in [-0.15, -0.1) is 0 Å². The monoisotopic (exact) mass is 393 g/mol. The van der Waals surface area contributed by atoms with E-state index in [9.17, 15) is 4.79 Å². The highest BCUT2D eigenvalue weighted by Crippen LogP contribution is 2.20. The molecule has 0 radical (unpaired) electrons. The molecule has 2 saturated heterocycles. The lowest BCUT2D eigenvalue weighted by Gasteiger charge is -2.35. The molecule has 4 rings (SSSR count). The number of amides is 1. The summed E-state index contributed by atoms with van der Waals surface area (Å²) in [5.41, 5.74) is 1.99. The van der Waals surface area contributed by atoms with E-state index in [0.717, 1.165) is 49.2 Å². The second-order valence-corrected chi connectivity index (χ2v) is 7.32. The number of benzene rings is 1. The van der Waals surface area contributed by atoms with Gasteiger partial charge in [-0.05, 0) is 18.6 Å². The molecule has 152 valence electrons. The van der Waals surface area contributed by atoms with Crippen molar-refractivity contribution in [2.24, 2.45) is 0 Å². The van der Waals surface area contributed by atoms with Gasteiger partial charge in [0.25, 0.3) is 0 Å². The Labute approximate surface area is 171 Å². The van der Waals surface area contributed by atoms with Crippen LogP contribution >= 0.6 is 0 Å². The Kier molecular flexibility index (Phi) is 6.05. The number of carbonyl (C=O) groups excluding carboxylic acids is 1. The molecule has 1 aromatic carbocycles. The summed E-state index contributed by atoms with van der Waals surface area (Å²) in [4.78, 5) is 28.2. The van der Waals surface area contributed by atoms with Gasteiger partial charge in [-0.2, -0.15) is 4.98 Å². The van der Waals surface area contributed by atoms with Crippen LogP contribution in [0.3, 0.4) is 0 Å². The van der Waals surface area contributed by atoms with Crippen LogP contribution in [-0.2, 0) is 9.53 Å². The number of rotatable bonds is 4. The van der Waals surface area contributed by atoms with Crippen LogP contribution < -0.4 is 9.80 Å². The average molecular weight is 393 g/mol. The van der Waals surface area contributed by atoms with Crippen molar-refractivity contribution in [2.75, 3.05) is 62.3 Å². The van der Waals surface area contributed by atoms with Crippen molar-refractivity contribution in [1.29, 1.82) is 0 Å². The van der Waals surface area contributed by atoms with Gasteiger partial charge >= 0.3 is 0 Å². The fraction of sp³-hybridized carbons (Fsp3) is 0.409. The summed E-state index contributed by atoms with van der Waals surface area (Å²) < 4.78 is 5.43. The first-order chi connectivity index (χ1) is 14.2. The van der Waals surface area contributed by atoms with Crippen molar-refractivity contribution in [3.8, 4) is 0 Å². The highest BCUT2D eigenvalue weighted by atomic mass is 16.5. The van der Waals surface area contributed by atoms with E-state index >= 15 is 0 Å². The summed E-state index contributed by atoms with van der Waals surface area (Å²) in [5, 5.41) is 0. The number of nitrogens with zero attached hydrogens (tertiary/aromatic N) is 5. The number of anilines is 2. The minimum atomic E-state index is 0.0568. The number of hydrogen-bond acceptors (Lipinski definition) is 6. The maximum atomic E-state index is 12.5. The largest absolute Gasteiger partial charge is 0.378 e. The lowest BCUT2D eigenvalue weighted by molar-refractivity contribution is -0.126. The number of carbonyl (C=O) groups is 1. The summed E-state index contributed by atoms with van der Waals surface area (Å²) in [7, 11) is 0. The summed E-state index contributed by atoms with van der Waals surface area (Å²) >= 11 is 0. The van der Waals surface area contributed by atoms with E-state index in [1.54, 1.807) is 6.08 Å². The van der Waals surface area contributed by atoms with Crippen LogP contribution in [0, 0.1) is 6.92 Å². The topological polar surface area (TPSA) is 61.8 Å². The molecule has 0 spiro atoms. The lowest BCUT2D eigenvalue weighted by Crippen LogP contribution is -2.48. The molecule has 29 heavy (non-hydrogen) atoms. The molecule has 7 heteroatoms. The van der Waals surface area contributed by atoms with E-state index in [2.05, 4.69) is 14.8 Å². The molecule has 2 aliphatic rings. The summed E-state index contributed by atoms with van der Waals surface area (Å²) in [6, 6.07) is 11.9. The number of morpholine rings is 1. The Morgan fingerprint density at radius 3 is 2.41 bits per heavy atom. The first kappa shape index (κ1) is 19.4. The smallest absolute Gasteiger partial charge is 0.246 e. The third kappa shape index (κ3) is 4.92. The van der Waals surface area contributed by atoms with Gasteiger partial charge in [0, 0.05) is 57.1 Å². The van der Waals surface area contributed by atoms with Crippen LogP contribution in [0.1, 0.15) is 11.3 Å². The number of hydrogen-bond donors (Lipinski definition) is 0. The summed E-state index contributed by atoms with van der Waals surface area (Å²) in [5.74, 6) is 1.76. The normalized spacial score (nSPS) is 17.8. The van der Waals surface area contributed by atoms with E-state index in [1.807, 2.05) is 54.3 Å². The van der Waals surface area contributed by atoms with Gasteiger partial charge in [-0.1, -0.05) is 30.3 Å². The number of aryl methyl sites for hydroxylation is 1. The molecular weight excluding hydrogens is 366 g/mol. The Hall–Kier alpha value is -2.93. The number of piperazine rings is 1. The van der Waals surface area contributed by atoms with Crippen molar-refractivity contribution in [1.82, 2.24) is 14.9 Å². The van der Waals surface area contributed by atoms with Crippen molar-refractivity contribution in [3.05, 3.63) is 53.7 Å². The Morgan fingerprint density at radius 1 is 0.966 bits per heavy atom. The maximum absolute atomic E-state index is 12.5. The van der Waals surface area contributed by atoms with E-state index < -0.39 is 0 Å². The maximum Gasteiger partial charge on any atom is 0.246 e. The van der Waals surface area contributed by atoms with Crippen molar-refractivity contribution in [2.45, 2.75) is 6.92 Å². The van der Waals surface area contributed by atoms with Crippen molar-refractivity contribution >= 4 is 23.7 Å². The van der Waals surface area contributed by atoms with Gasteiger partial charge < -0.3 is 19.4 Å². The number of aromatic nitrogens is 2. The zero-order chi connectivity index (χ0) is 20.1. The Bertz CT molecular complexity index is 857. The van der Waals surface area contributed by atoms with Gasteiger partial charge in [-0.3, -0.25) is 4.79 Å². The summed E-state index contributed by atoms with van der Waals surface area (Å²) in [6.07, 6.45) is 3.54. The molecule has 1 aromatic heterocycles. The van der Waals surface area contributed by atoms with E-state index in [1.165, 1.54) is 0 Å². The SMILES string of the molecule is Cc1cc(N2CCN(C(=O)/C=C/c3ccccc3)CC2)nc(N2CCOCC2)n1. The molecule has 0 saturated carbocycles. The molecule has 0 N–H and O–H groups in total. The molecule has 0 bridgehead atoms. The fourth-order valence-electron chi connectivity index (χ4n) is 3.60. The van der Waals surface area contributed by atoms with Crippen LogP contribution in [0.5, 0.6) is 0 Å². The fourth-order valence-corrected chi connectivity index (χ4v) is 3.60. The van der Waals surface area contributed by atoms with Gasteiger partial charge in [0.15, 0.2) is 0 Å². The molecule has 0 atom stereocenters. The van der Waals surface area contributed by atoms with Crippen molar-refractivity contribution < 1.29 is 9.53 Å². The zero-order valence-corrected chi connectivity index (χ0v) is 16.8. The van der Waals surface area contributed by atoms with Gasteiger partial charge in [0.2, 0.25) is 11.9 Å². The molecule has 0 unspecified atom stereocenters. The first-order valence-electron chi connectivity index (χ1n) is 10.1. The molecule has 2 fully saturated rings. The first-order valence-corrected chi connectivity index (χ1v) is 10.1. The average Bonchev–Trinajstić information content (AvgIpc) is 2.78. The minimum absolute atomic E-state index is 0.0568. The third-order valence-electron chi connectivity index (χ3n) is 5.26. The van der Waals surface area contributed by atoms with E-state index in [4.69, 9.17) is 9.72 Å². The van der Waals surface area contributed by atoms with Crippen LogP contribution in [0.15, 0.2) is 42.5 Å². The minimum Gasteiger partial charge on any atom is -0.378 e. The van der Waals surface area contributed by atoms with Crippen LogP contribution in [0.2, 0.25) is 0 Å². The standard InChI is InChI=1S/C22H27N5O2/c1-18-17-20(24-22(23-18)27-13-15-29-16-14-27)25-9-11-26(12-10-25)21(28)8-7-19-5-3-2-4-6-19/h2-8,17H,9-16H2,1H3/b8-7+. The Morgan fingerprint density at radius 2 is 1.69 bits per heavy atom. The molecule has 3 heterocycles. The highest BCUT2D eigenvalue weighted by molar-refractivity contribution is 5.91. The van der Waals surface area contributed by atoms with Crippen LogP contribution in [-0.4, -0.2) is 73.3 Å². The highest BCUT2D eigenvalue weighted by Gasteiger charge is 2.22. The lowest BCUT2D eigenvalue weighted by atomic mass is 10.2. The molecule has 2 aromatic rings. The molecule has 1 amide bonds. The molecule has 7 nitrogen and oxygen atoms in total. The van der Waals surface area contributed by atoms with Gasteiger partial charge in [0.1, 0.15) is 5.82 Å². The Balaban J connectivity index is 1.37. The number of ether oxygens (including phenoxy) is 1. The third-order valence-corrected chi connectivity index (χ3v) is 5.26. The molecule has 2 aliphatic heterocycles. The van der Waals surface area contributed by atoms with Crippen molar-refractivity contribution in [3.63, 3.8) is 0 Å². The van der Waals surface area contributed by atoms with Crippen LogP contribution in [0.25, 0.3) is 6.08 Å². The van der Waals surface area contributed by atoms with Crippen LogP contribution in [0.4, 0.5) is 11.8 Å². The molecular formula is C22H27N5O2. The second kappa shape index (κ2) is 9.05. The van der Waals surface area contributed by atoms with Gasteiger partial charge in [-0.25, -0.2) is 4.98 Å². The summed E-state index contributed by atoms with van der Waals surface area (Å²) in [6.45, 7) is 7.98. The van der Waals surface area contributed by atoms with E-state index in [0.29, 0.717) is 26.3 Å². The predicted octanol–water partition coefficient (Wildman–Crippen LogP) is 1.98. The van der Waals surface area contributed by atoms with Gasteiger partial charge in [0.05, 0.1) is 13.2 Å². The predicted molar refractivity (Wildman–Crippen MR) is 114 cm³/mol. The second-order valence-electron chi connectivity index (χ2n) is 7.32.